The number of benzene rings is 2. The van der Waals surface area contributed by atoms with Gasteiger partial charge in [0.1, 0.15) is 0 Å². The largest absolute Gasteiger partial charge is 0.312 e. The van der Waals surface area contributed by atoms with Crippen LogP contribution < -0.4 is 4.90 Å². The first-order valence-corrected chi connectivity index (χ1v) is 18.0. The molecule has 1 amide bonds. The standard InChI is InChI=1S/C30H43N3O5S2/c1-24-5-9-28(10-6-24)33(30(34)27-15-21-32(22-16-27)40(3,37)38)18-4-17-31-19-13-26(14-20-31)23-25-7-11-29(12-8-25)39(2,35)36/h5-12,26-27H,4,13-23H2,1-3H3. The van der Waals surface area contributed by atoms with Crippen LogP contribution in [0.25, 0.3) is 0 Å². The molecule has 220 valence electrons. The number of nitrogens with zero attached hydrogens (tertiary/aromatic N) is 3. The third-order valence-electron chi connectivity index (χ3n) is 8.32. The lowest BCUT2D eigenvalue weighted by atomic mass is 9.90. The van der Waals surface area contributed by atoms with Crippen molar-refractivity contribution in [3.63, 3.8) is 0 Å². The highest BCUT2D eigenvalue weighted by molar-refractivity contribution is 7.90. The van der Waals surface area contributed by atoms with E-state index < -0.39 is 19.9 Å². The summed E-state index contributed by atoms with van der Waals surface area (Å²) >= 11 is 0. The fourth-order valence-corrected chi connectivity index (χ4v) is 7.32. The van der Waals surface area contributed by atoms with Crippen molar-refractivity contribution < 1.29 is 21.6 Å². The number of hydrogen-bond acceptors (Lipinski definition) is 6. The zero-order chi connectivity index (χ0) is 28.9. The summed E-state index contributed by atoms with van der Waals surface area (Å²) in [6, 6.07) is 15.4. The molecule has 2 aliphatic heterocycles. The summed E-state index contributed by atoms with van der Waals surface area (Å²) in [5.41, 5.74) is 3.23. The van der Waals surface area contributed by atoms with Gasteiger partial charge in [-0.1, -0.05) is 29.8 Å². The number of sulfone groups is 1. The van der Waals surface area contributed by atoms with Crippen LogP contribution in [0.15, 0.2) is 53.4 Å². The van der Waals surface area contributed by atoms with E-state index >= 15 is 0 Å². The number of piperidine rings is 2. The lowest BCUT2D eigenvalue weighted by Crippen LogP contribution is -2.45. The first-order chi connectivity index (χ1) is 18.9. The van der Waals surface area contributed by atoms with Crippen LogP contribution in [0.3, 0.4) is 0 Å². The molecule has 2 aromatic carbocycles. The van der Waals surface area contributed by atoms with Gasteiger partial charge in [-0.25, -0.2) is 21.1 Å². The topological polar surface area (TPSA) is 95.1 Å². The molecule has 0 aromatic heterocycles. The zero-order valence-electron chi connectivity index (χ0n) is 24.0. The Hall–Kier alpha value is -2.27. The van der Waals surface area contributed by atoms with Gasteiger partial charge in [0.25, 0.3) is 0 Å². The lowest BCUT2D eigenvalue weighted by molar-refractivity contribution is -0.123. The van der Waals surface area contributed by atoms with Gasteiger partial charge in [-0.15, -0.1) is 0 Å². The molecule has 4 rings (SSSR count). The SMILES string of the molecule is Cc1ccc(N(CCCN2CCC(Cc3ccc(S(C)(=O)=O)cc3)CC2)C(=O)C2CCN(S(C)(=O)=O)CC2)cc1. The smallest absolute Gasteiger partial charge is 0.230 e. The summed E-state index contributed by atoms with van der Waals surface area (Å²) in [6.07, 6.45) is 7.62. The molecule has 0 N–H and O–H groups in total. The van der Waals surface area contributed by atoms with E-state index in [1.54, 1.807) is 12.1 Å². The second-order valence-electron chi connectivity index (χ2n) is 11.5. The fraction of sp³-hybridized carbons (Fsp3) is 0.567. The van der Waals surface area contributed by atoms with E-state index in [1.807, 2.05) is 48.2 Å². The van der Waals surface area contributed by atoms with Gasteiger partial charge in [0, 0.05) is 37.5 Å². The van der Waals surface area contributed by atoms with Crippen LogP contribution in [0.2, 0.25) is 0 Å². The Morgan fingerprint density at radius 3 is 2.00 bits per heavy atom. The van der Waals surface area contributed by atoms with E-state index in [2.05, 4.69) is 4.90 Å². The first-order valence-electron chi connectivity index (χ1n) is 14.2. The number of amides is 1. The molecule has 0 radical (unpaired) electrons. The maximum absolute atomic E-state index is 13.6. The van der Waals surface area contributed by atoms with Gasteiger partial charge in [0.05, 0.1) is 11.2 Å². The Morgan fingerprint density at radius 1 is 0.850 bits per heavy atom. The van der Waals surface area contributed by atoms with Crippen molar-refractivity contribution in [3.8, 4) is 0 Å². The molecule has 2 aromatic rings. The van der Waals surface area contributed by atoms with Gasteiger partial charge < -0.3 is 9.80 Å². The average Bonchev–Trinajstić information content (AvgIpc) is 2.92. The van der Waals surface area contributed by atoms with Gasteiger partial charge in [-0.05, 0) is 101 Å². The molecule has 0 atom stereocenters. The minimum Gasteiger partial charge on any atom is -0.312 e. The number of anilines is 1. The summed E-state index contributed by atoms with van der Waals surface area (Å²) in [5.74, 6) is 0.517. The molecule has 0 aliphatic carbocycles. The maximum Gasteiger partial charge on any atom is 0.230 e. The van der Waals surface area contributed by atoms with Crippen molar-refractivity contribution in [2.45, 2.75) is 50.3 Å². The van der Waals surface area contributed by atoms with Gasteiger partial charge in [0.15, 0.2) is 9.84 Å². The van der Waals surface area contributed by atoms with Crippen molar-refractivity contribution in [3.05, 3.63) is 59.7 Å². The van der Waals surface area contributed by atoms with Gasteiger partial charge in [-0.2, -0.15) is 0 Å². The Morgan fingerprint density at radius 2 is 1.45 bits per heavy atom. The van der Waals surface area contributed by atoms with Crippen LogP contribution in [-0.2, 0) is 31.1 Å². The number of aryl methyl sites for hydroxylation is 1. The third-order valence-corrected chi connectivity index (χ3v) is 10.8. The average molecular weight is 590 g/mol. The lowest BCUT2D eigenvalue weighted by Gasteiger charge is -2.34. The Kier molecular flexibility index (Phi) is 10.1. The number of hydrogen-bond donors (Lipinski definition) is 0. The van der Waals surface area contributed by atoms with E-state index in [4.69, 9.17) is 0 Å². The highest BCUT2D eigenvalue weighted by Gasteiger charge is 2.32. The van der Waals surface area contributed by atoms with Gasteiger partial charge in [0.2, 0.25) is 15.9 Å². The predicted molar refractivity (Wildman–Crippen MR) is 160 cm³/mol. The number of likely N-dealkylation sites (tertiary alicyclic amines) is 1. The summed E-state index contributed by atoms with van der Waals surface area (Å²) in [5, 5.41) is 0. The molecule has 10 heteroatoms. The molecule has 2 aliphatic rings. The second-order valence-corrected chi connectivity index (χ2v) is 15.5. The van der Waals surface area contributed by atoms with Crippen LogP contribution in [-0.4, -0.2) is 83.7 Å². The molecule has 8 nitrogen and oxygen atoms in total. The summed E-state index contributed by atoms with van der Waals surface area (Å²) in [7, 11) is -6.40. The zero-order valence-corrected chi connectivity index (χ0v) is 25.6. The molecular formula is C30H43N3O5S2. The minimum absolute atomic E-state index is 0.0950. The van der Waals surface area contributed by atoms with Crippen molar-refractivity contribution in [2.24, 2.45) is 11.8 Å². The van der Waals surface area contributed by atoms with Crippen molar-refractivity contribution in [1.82, 2.24) is 9.21 Å². The third kappa shape index (κ3) is 8.38. The predicted octanol–water partition coefficient (Wildman–Crippen LogP) is 3.75. The number of carbonyl (C=O) groups is 1. The summed E-state index contributed by atoms with van der Waals surface area (Å²) in [4.78, 5) is 18.4. The Labute approximate surface area is 240 Å². The quantitative estimate of drug-likeness (QED) is 0.419. The molecule has 0 saturated carbocycles. The monoisotopic (exact) mass is 589 g/mol. The van der Waals surface area contributed by atoms with E-state index in [0.29, 0.717) is 43.3 Å². The Balaban J connectivity index is 1.28. The van der Waals surface area contributed by atoms with Crippen LogP contribution in [0.4, 0.5) is 5.69 Å². The molecular weight excluding hydrogens is 546 g/mol. The fourth-order valence-electron chi connectivity index (χ4n) is 5.82. The molecule has 2 fully saturated rings. The van der Waals surface area contributed by atoms with Gasteiger partial charge >= 0.3 is 0 Å². The van der Waals surface area contributed by atoms with Crippen LogP contribution >= 0.6 is 0 Å². The summed E-state index contributed by atoms with van der Waals surface area (Å²) < 4.78 is 48.7. The van der Waals surface area contributed by atoms with Crippen molar-refractivity contribution in [1.29, 1.82) is 0 Å². The minimum atomic E-state index is -3.23. The maximum atomic E-state index is 13.6. The van der Waals surface area contributed by atoms with Crippen LogP contribution in [0.5, 0.6) is 0 Å². The van der Waals surface area contributed by atoms with Crippen LogP contribution in [0.1, 0.15) is 43.2 Å². The molecule has 0 spiro atoms. The van der Waals surface area contributed by atoms with E-state index in [9.17, 15) is 21.6 Å². The van der Waals surface area contributed by atoms with Crippen LogP contribution in [0, 0.1) is 18.8 Å². The first kappa shape index (κ1) is 30.7. The molecule has 0 unspecified atom stereocenters. The highest BCUT2D eigenvalue weighted by atomic mass is 32.2. The van der Waals surface area contributed by atoms with E-state index in [0.717, 1.165) is 56.6 Å². The molecule has 40 heavy (non-hydrogen) atoms. The second kappa shape index (κ2) is 13.1. The number of sulfonamides is 1. The Bertz CT molecular complexity index is 1340. The van der Waals surface area contributed by atoms with E-state index in [1.165, 1.54) is 22.4 Å². The van der Waals surface area contributed by atoms with Crippen molar-refractivity contribution >= 4 is 31.5 Å². The normalized spacial score (nSPS) is 18.6. The summed E-state index contributed by atoms with van der Waals surface area (Å²) in [6.45, 7) is 6.44. The van der Waals surface area contributed by atoms with Gasteiger partial charge in [-0.3, -0.25) is 4.79 Å². The molecule has 2 heterocycles. The number of rotatable bonds is 10. The number of carbonyl (C=O) groups excluding carboxylic acids is 1. The molecule has 2 saturated heterocycles. The highest BCUT2D eigenvalue weighted by Crippen LogP contribution is 2.26. The van der Waals surface area contributed by atoms with E-state index in [-0.39, 0.29) is 11.8 Å². The van der Waals surface area contributed by atoms with Crippen molar-refractivity contribution in [2.75, 3.05) is 56.7 Å². The molecule has 0 bridgehead atoms.